The van der Waals surface area contributed by atoms with Gasteiger partial charge < -0.3 is 9.64 Å². The number of likely N-dealkylation sites (tertiary alicyclic amines) is 2. The largest absolute Gasteiger partial charge is 0.442 e. The molecule has 3 aliphatic heterocycles. The Morgan fingerprint density at radius 2 is 1.88 bits per heavy atom. The number of aromatic nitrogens is 2. The van der Waals surface area contributed by atoms with Crippen molar-refractivity contribution >= 4 is 17.8 Å². The van der Waals surface area contributed by atoms with Crippen molar-refractivity contribution in [2.75, 3.05) is 37.6 Å². The summed E-state index contributed by atoms with van der Waals surface area (Å²) >= 11 is 0. The molecule has 9 nitrogen and oxygen atoms in total. The minimum Gasteiger partial charge on any atom is -0.442 e. The Labute approximate surface area is 243 Å². The second-order valence-corrected chi connectivity index (χ2v) is 12.2. The summed E-state index contributed by atoms with van der Waals surface area (Å²) in [6.45, 7) is 12.0. The Morgan fingerprint density at radius 3 is 2.49 bits per heavy atom. The molecule has 218 valence electrons. The first kappa shape index (κ1) is 29.0. The quantitative estimate of drug-likeness (QED) is 0.477. The molecule has 1 atom stereocenters. The average Bonchev–Trinajstić information content (AvgIpc) is 2.97. The van der Waals surface area contributed by atoms with Crippen LogP contribution in [0, 0.1) is 31.1 Å². The number of unbranched alkanes of at least 4 members (excludes halogenated alkanes) is 1. The number of ether oxygens (including phenoxy) is 1. The maximum Gasteiger partial charge on any atom is 0.416 e. The third-order valence-electron chi connectivity index (χ3n) is 9.72. The number of hydrogen-bond donors (Lipinski definition) is 0. The van der Waals surface area contributed by atoms with E-state index in [0.29, 0.717) is 42.4 Å². The smallest absolute Gasteiger partial charge is 0.416 e. The van der Waals surface area contributed by atoms with E-state index in [1.54, 1.807) is 24.1 Å². The number of amides is 2. The van der Waals surface area contributed by atoms with Gasteiger partial charge in [0.15, 0.2) is 0 Å². The fraction of sp³-hybridized carbons (Fsp3) is 0.594. The van der Waals surface area contributed by atoms with Gasteiger partial charge in [0.05, 0.1) is 11.3 Å². The molecule has 2 aromatic heterocycles. The van der Waals surface area contributed by atoms with Crippen molar-refractivity contribution < 1.29 is 14.3 Å². The molecule has 0 aliphatic carbocycles. The number of piperidine rings is 2. The van der Waals surface area contributed by atoms with E-state index in [-0.39, 0.29) is 23.5 Å². The minimum atomic E-state index is -0.432. The van der Waals surface area contributed by atoms with Gasteiger partial charge in [-0.05, 0) is 63.8 Å². The zero-order valence-corrected chi connectivity index (χ0v) is 24.9. The zero-order valence-electron chi connectivity index (χ0n) is 24.9. The number of aryl methyl sites for hydroxylation is 2. The number of carbonyl (C=O) groups excluding carboxylic acids is 2. The highest BCUT2D eigenvalue weighted by atomic mass is 16.6. The maximum atomic E-state index is 13.4. The van der Waals surface area contributed by atoms with Crippen LogP contribution in [0.25, 0.3) is 0 Å². The van der Waals surface area contributed by atoms with E-state index in [1.165, 1.54) is 0 Å². The first-order chi connectivity index (χ1) is 19.7. The van der Waals surface area contributed by atoms with Crippen molar-refractivity contribution in [3.8, 4) is 6.07 Å². The van der Waals surface area contributed by atoms with Crippen molar-refractivity contribution in [1.82, 2.24) is 19.8 Å². The summed E-state index contributed by atoms with van der Waals surface area (Å²) in [6.07, 6.45) is 8.12. The molecule has 5 rings (SSSR count). The first-order valence-electron chi connectivity index (χ1n) is 15.0. The Morgan fingerprint density at radius 1 is 1.15 bits per heavy atom. The van der Waals surface area contributed by atoms with E-state index < -0.39 is 5.60 Å². The molecular formula is C32H42N6O3. The van der Waals surface area contributed by atoms with E-state index in [1.807, 2.05) is 30.0 Å². The number of pyridine rings is 2. The molecule has 0 saturated carbocycles. The summed E-state index contributed by atoms with van der Waals surface area (Å²) in [5, 5.41) is 9.21. The van der Waals surface area contributed by atoms with Gasteiger partial charge in [0.25, 0.3) is 5.91 Å². The Balaban J connectivity index is 1.23. The predicted octanol–water partition coefficient (Wildman–Crippen LogP) is 5.26. The van der Waals surface area contributed by atoms with Gasteiger partial charge in [0.1, 0.15) is 23.2 Å². The molecule has 5 heterocycles. The van der Waals surface area contributed by atoms with E-state index in [4.69, 9.17) is 4.74 Å². The van der Waals surface area contributed by atoms with Crippen molar-refractivity contribution in [1.29, 1.82) is 5.26 Å². The van der Waals surface area contributed by atoms with Crippen LogP contribution in [0.1, 0.15) is 86.1 Å². The Hall–Kier alpha value is -3.51. The van der Waals surface area contributed by atoms with Crippen LogP contribution >= 0.6 is 0 Å². The van der Waals surface area contributed by atoms with Gasteiger partial charge in [0, 0.05) is 63.2 Å². The molecule has 0 bridgehead atoms. The van der Waals surface area contributed by atoms with E-state index in [2.05, 4.69) is 34.8 Å². The Kier molecular flexibility index (Phi) is 8.32. The lowest BCUT2D eigenvalue weighted by Gasteiger charge is -2.54. The fourth-order valence-electron chi connectivity index (χ4n) is 7.09. The van der Waals surface area contributed by atoms with Crippen LogP contribution in [-0.2, 0) is 4.74 Å². The molecule has 41 heavy (non-hydrogen) atoms. The topological polar surface area (TPSA) is 103 Å². The standard InChI is InChI=1S/C32H42N6O3/c1-5-6-9-25-22-38(27-10-7-8-15-34-27)30(40)41-32(25)13-18-37(19-14-32)31(4)11-16-36(17-12-31)29(39)28-23(2)20-26(21-33)35-24(28)3/h7-8,10,15,20,25H,5-6,9,11-14,16-19,22H2,1-4H3. The highest BCUT2D eigenvalue weighted by Gasteiger charge is 2.52. The van der Waals surface area contributed by atoms with Gasteiger partial charge in [-0.25, -0.2) is 14.8 Å². The second-order valence-electron chi connectivity index (χ2n) is 12.2. The second kappa shape index (κ2) is 11.8. The summed E-state index contributed by atoms with van der Waals surface area (Å²) in [7, 11) is 0. The number of anilines is 1. The molecule has 2 aromatic rings. The molecule has 3 aliphatic rings. The molecule has 3 fully saturated rings. The van der Waals surface area contributed by atoms with Crippen molar-refractivity contribution in [2.24, 2.45) is 5.92 Å². The number of hydrogen-bond acceptors (Lipinski definition) is 7. The summed E-state index contributed by atoms with van der Waals surface area (Å²) in [5.74, 6) is 0.924. The molecule has 0 radical (unpaired) electrons. The molecule has 1 unspecified atom stereocenters. The summed E-state index contributed by atoms with van der Waals surface area (Å²) in [4.78, 5) is 41.6. The zero-order chi connectivity index (χ0) is 29.2. The molecule has 9 heteroatoms. The Bertz CT molecular complexity index is 1280. The molecule has 0 aromatic carbocycles. The van der Waals surface area contributed by atoms with Crippen LogP contribution in [0.2, 0.25) is 0 Å². The minimum absolute atomic E-state index is 0.00183. The van der Waals surface area contributed by atoms with Crippen molar-refractivity contribution in [3.63, 3.8) is 0 Å². The molecule has 0 N–H and O–H groups in total. The third kappa shape index (κ3) is 5.67. The van der Waals surface area contributed by atoms with Gasteiger partial charge in [0.2, 0.25) is 0 Å². The first-order valence-corrected chi connectivity index (χ1v) is 15.0. The summed E-state index contributed by atoms with van der Waals surface area (Å²) in [6, 6.07) is 9.40. The SMILES string of the molecule is CCCCC1CN(c2ccccn2)C(=O)OC12CCN(C1(C)CCN(C(=O)c3c(C)cc(C#N)nc3C)CC1)CC2. The van der Waals surface area contributed by atoms with Gasteiger partial charge in [-0.2, -0.15) is 5.26 Å². The number of rotatable bonds is 6. The van der Waals surface area contributed by atoms with Crippen LogP contribution in [0.5, 0.6) is 0 Å². The number of carbonyl (C=O) groups is 2. The monoisotopic (exact) mass is 558 g/mol. The van der Waals surface area contributed by atoms with Gasteiger partial charge in [-0.3, -0.25) is 14.6 Å². The van der Waals surface area contributed by atoms with Crippen molar-refractivity contribution in [2.45, 2.75) is 83.8 Å². The van der Waals surface area contributed by atoms with Crippen LogP contribution in [-0.4, -0.2) is 75.6 Å². The van der Waals surface area contributed by atoms with Gasteiger partial charge in [-0.15, -0.1) is 0 Å². The van der Waals surface area contributed by atoms with E-state index >= 15 is 0 Å². The molecule has 3 saturated heterocycles. The van der Waals surface area contributed by atoms with E-state index in [9.17, 15) is 14.9 Å². The van der Waals surface area contributed by atoms with Crippen LogP contribution < -0.4 is 4.90 Å². The highest BCUT2D eigenvalue weighted by molar-refractivity contribution is 5.96. The normalized spacial score (nSPS) is 22.3. The fourth-order valence-corrected chi connectivity index (χ4v) is 7.09. The third-order valence-corrected chi connectivity index (χ3v) is 9.72. The summed E-state index contributed by atoms with van der Waals surface area (Å²) < 4.78 is 6.34. The molecular weight excluding hydrogens is 516 g/mol. The average molecular weight is 559 g/mol. The lowest BCUT2D eigenvalue weighted by Crippen LogP contribution is -2.63. The van der Waals surface area contributed by atoms with Crippen LogP contribution in [0.15, 0.2) is 30.5 Å². The van der Waals surface area contributed by atoms with Gasteiger partial charge in [-0.1, -0.05) is 25.8 Å². The molecule has 1 spiro atoms. The lowest BCUT2D eigenvalue weighted by molar-refractivity contribution is -0.106. The number of nitrogens with zero attached hydrogens (tertiary/aromatic N) is 6. The predicted molar refractivity (Wildman–Crippen MR) is 157 cm³/mol. The number of nitriles is 1. The lowest BCUT2D eigenvalue weighted by atomic mass is 9.74. The van der Waals surface area contributed by atoms with Crippen LogP contribution in [0.3, 0.4) is 0 Å². The van der Waals surface area contributed by atoms with Gasteiger partial charge >= 0.3 is 6.09 Å². The van der Waals surface area contributed by atoms with Crippen LogP contribution in [0.4, 0.5) is 10.6 Å². The summed E-state index contributed by atoms with van der Waals surface area (Å²) in [5.41, 5.74) is 1.93. The van der Waals surface area contributed by atoms with Crippen molar-refractivity contribution in [3.05, 3.63) is 53.0 Å². The highest BCUT2D eigenvalue weighted by Crippen LogP contribution is 2.44. The maximum absolute atomic E-state index is 13.4. The van der Waals surface area contributed by atoms with E-state index in [0.717, 1.165) is 63.6 Å². The molecule has 2 amide bonds.